The van der Waals surface area contributed by atoms with Gasteiger partial charge in [-0.05, 0) is 44.0 Å². The molecule has 2 amide bonds. The summed E-state index contributed by atoms with van der Waals surface area (Å²) in [6, 6.07) is 11.9. The number of carbonyl (C=O) groups excluding carboxylic acids is 3. The first-order chi connectivity index (χ1) is 16.0. The first-order valence-corrected chi connectivity index (χ1v) is 11.3. The molecule has 0 unspecified atom stereocenters. The highest BCUT2D eigenvalue weighted by Crippen LogP contribution is 2.25. The quantitative estimate of drug-likeness (QED) is 0.363. The number of hydrogen-bond acceptors (Lipinski definition) is 8. The minimum absolute atomic E-state index is 0.196. The van der Waals surface area contributed by atoms with E-state index in [-0.39, 0.29) is 17.5 Å². The molecule has 2 N–H and O–H groups in total. The minimum atomic E-state index is -0.670. The maximum atomic E-state index is 12.6. The summed E-state index contributed by atoms with van der Waals surface area (Å²) in [4.78, 5) is 41.6. The van der Waals surface area contributed by atoms with E-state index in [0.29, 0.717) is 27.8 Å². The summed E-state index contributed by atoms with van der Waals surface area (Å²) in [6.45, 7) is 1.30. The Morgan fingerprint density at radius 3 is 2.70 bits per heavy atom. The fourth-order valence-electron chi connectivity index (χ4n) is 2.97. The Balaban J connectivity index is 1.34. The molecule has 170 valence electrons. The second-order valence-corrected chi connectivity index (χ2v) is 8.46. The Labute approximate surface area is 194 Å². The monoisotopic (exact) mass is 466 g/mol. The molecule has 9 nitrogen and oxygen atoms in total. The van der Waals surface area contributed by atoms with E-state index < -0.39 is 18.5 Å². The molecule has 0 aliphatic heterocycles. The lowest BCUT2D eigenvalue weighted by atomic mass is 10.1. The molecule has 1 aliphatic carbocycles. The van der Waals surface area contributed by atoms with Crippen LogP contribution >= 0.6 is 11.8 Å². The minimum Gasteiger partial charge on any atom is -0.452 e. The van der Waals surface area contributed by atoms with Crippen LogP contribution in [-0.4, -0.2) is 40.6 Å². The van der Waals surface area contributed by atoms with E-state index in [2.05, 4.69) is 20.8 Å². The molecule has 4 rings (SSSR count). The van der Waals surface area contributed by atoms with E-state index in [1.165, 1.54) is 11.8 Å². The number of para-hydroxylation sites is 1. The van der Waals surface area contributed by atoms with Gasteiger partial charge in [0.15, 0.2) is 6.61 Å². The van der Waals surface area contributed by atoms with Crippen molar-refractivity contribution in [2.45, 2.75) is 36.6 Å². The molecule has 2 heterocycles. The van der Waals surface area contributed by atoms with Gasteiger partial charge < -0.3 is 19.9 Å². The smallest absolute Gasteiger partial charge is 0.341 e. The number of rotatable bonds is 9. The molecule has 0 atom stereocenters. The van der Waals surface area contributed by atoms with Crippen LogP contribution in [0.1, 0.15) is 45.0 Å². The topological polar surface area (TPSA) is 123 Å². The molecular formula is C23H22N4O5S. The van der Waals surface area contributed by atoms with Crippen LogP contribution in [0.4, 0.5) is 5.69 Å². The second kappa shape index (κ2) is 10.3. The molecule has 1 aliphatic rings. The lowest BCUT2D eigenvalue weighted by Gasteiger charge is -2.12. The Morgan fingerprint density at radius 1 is 1.15 bits per heavy atom. The first kappa shape index (κ1) is 22.5. The zero-order chi connectivity index (χ0) is 23.2. The van der Waals surface area contributed by atoms with E-state index in [0.717, 1.165) is 18.5 Å². The van der Waals surface area contributed by atoms with Crippen LogP contribution in [0.5, 0.6) is 0 Å². The molecule has 33 heavy (non-hydrogen) atoms. The lowest BCUT2D eigenvalue weighted by molar-refractivity contribution is -0.119. The predicted octanol–water partition coefficient (Wildman–Crippen LogP) is 3.36. The van der Waals surface area contributed by atoms with Gasteiger partial charge in [-0.25, -0.2) is 9.78 Å². The van der Waals surface area contributed by atoms with Crippen molar-refractivity contribution in [2.24, 2.45) is 0 Å². The molecule has 1 saturated carbocycles. The van der Waals surface area contributed by atoms with Crippen LogP contribution in [0.25, 0.3) is 0 Å². The average molecular weight is 467 g/mol. The molecular weight excluding hydrogens is 444 g/mol. The number of benzene rings is 1. The number of esters is 1. The third-order valence-electron chi connectivity index (χ3n) is 4.72. The van der Waals surface area contributed by atoms with Crippen LogP contribution in [0, 0.1) is 6.92 Å². The number of ether oxygens (including phenoxy) is 1. The number of amides is 2. The molecule has 1 fully saturated rings. The summed E-state index contributed by atoms with van der Waals surface area (Å²) < 4.78 is 10.2. The van der Waals surface area contributed by atoms with Gasteiger partial charge in [-0.1, -0.05) is 29.1 Å². The summed E-state index contributed by atoms with van der Waals surface area (Å²) in [6.07, 6.45) is 3.50. The fraction of sp³-hybridized carbons (Fsp3) is 0.261. The SMILES string of the molecule is Cc1cc(CSc2ncccc2C(=O)OCC(=O)Nc2ccccc2C(=O)NC2CC2)no1. The summed E-state index contributed by atoms with van der Waals surface area (Å²) in [7, 11) is 0. The number of aromatic nitrogens is 2. The Kier molecular flexibility index (Phi) is 7.04. The summed E-state index contributed by atoms with van der Waals surface area (Å²) in [5.74, 6) is -0.300. The highest BCUT2D eigenvalue weighted by atomic mass is 32.2. The van der Waals surface area contributed by atoms with Gasteiger partial charge in [0.2, 0.25) is 0 Å². The van der Waals surface area contributed by atoms with Crippen LogP contribution in [-0.2, 0) is 15.3 Å². The van der Waals surface area contributed by atoms with Gasteiger partial charge in [-0.3, -0.25) is 9.59 Å². The van der Waals surface area contributed by atoms with Gasteiger partial charge in [0, 0.05) is 24.1 Å². The fourth-order valence-corrected chi connectivity index (χ4v) is 3.83. The van der Waals surface area contributed by atoms with E-state index in [1.54, 1.807) is 55.6 Å². The Bertz CT molecular complexity index is 1170. The maximum absolute atomic E-state index is 12.6. The standard InChI is InChI=1S/C23H22N4O5S/c1-14-11-16(27-32-14)13-33-22-18(6-4-10-24-22)23(30)31-12-20(28)26-19-7-3-2-5-17(19)21(29)25-15-8-9-15/h2-7,10-11,15H,8-9,12-13H2,1H3,(H,25,29)(H,26,28). The van der Waals surface area contributed by atoms with Crippen molar-refractivity contribution in [1.29, 1.82) is 0 Å². The Morgan fingerprint density at radius 2 is 1.94 bits per heavy atom. The Hall–Kier alpha value is -3.66. The normalized spacial score (nSPS) is 12.8. The zero-order valence-corrected chi connectivity index (χ0v) is 18.7. The summed E-state index contributed by atoms with van der Waals surface area (Å²) in [5.41, 5.74) is 1.70. The van der Waals surface area contributed by atoms with Crippen molar-refractivity contribution in [3.05, 3.63) is 71.2 Å². The molecule has 1 aromatic carbocycles. The van der Waals surface area contributed by atoms with E-state index in [9.17, 15) is 14.4 Å². The molecule has 10 heteroatoms. The predicted molar refractivity (Wildman–Crippen MR) is 121 cm³/mol. The van der Waals surface area contributed by atoms with Crippen LogP contribution in [0.15, 0.2) is 58.2 Å². The molecule has 3 aromatic rings. The largest absolute Gasteiger partial charge is 0.452 e. The van der Waals surface area contributed by atoms with Gasteiger partial charge in [-0.15, -0.1) is 0 Å². The van der Waals surface area contributed by atoms with Crippen LogP contribution < -0.4 is 10.6 Å². The highest BCUT2D eigenvalue weighted by Gasteiger charge is 2.25. The van der Waals surface area contributed by atoms with Crippen molar-refractivity contribution in [3.63, 3.8) is 0 Å². The van der Waals surface area contributed by atoms with Crippen molar-refractivity contribution < 1.29 is 23.6 Å². The maximum Gasteiger partial charge on any atom is 0.341 e. The molecule has 0 bridgehead atoms. The van der Waals surface area contributed by atoms with Gasteiger partial charge in [0.05, 0.1) is 22.5 Å². The van der Waals surface area contributed by atoms with Crippen molar-refractivity contribution in [2.75, 3.05) is 11.9 Å². The van der Waals surface area contributed by atoms with Crippen LogP contribution in [0.3, 0.4) is 0 Å². The molecule has 0 spiro atoms. The number of nitrogens with zero attached hydrogens (tertiary/aromatic N) is 2. The first-order valence-electron chi connectivity index (χ1n) is 10.4. The molecule has 2 aromatic heterocycles. The van der Waals surface area contributed by atoms with Gasteiger partial charge in [0.1, 0.15) is 10.8 Å². The van der Waals surface area contributed by atoms with Gasteiger partial charge >= 0.3 is 5.97 Å². The number of nitrogens with one attached hydrogen (secondary N) is 2. The summed E-state index contributed by atoms with van der Waals surface area (Å²) in [5, 5.41) is 9.92. The molecule has 0 saturated heterocycles. The van der Waals surface area contributed by atoms with Gasteiger partial charge in [-0.2, -0.15) is 0 Å². The zero-order valence-electron chi connectivity index (χ0n) is 17.9. The average Bonchev–Trinajstić information content (AvgIpc) is 3.54. The third-order valence-corrected chi connectivity index (χ3v) is 5.76. The number of anilines is 1. The lowest BCUT2D eigenvalue weighted by Crippen LogP contribution is -2.28. The molecule has 0 radical (unpaired) electrons. The number of carbonyl (C=O) groups is 3. The second-order valence-electron chi connectivity index (χ2n) is 7.49. The van der Waals surface area contributed by atoms with E-state index in [4.69, 9.17) is 9.26 Å². The van der Waals surface area contributed by atoms with Gasteiger partial charge in [0.25, 0.3) is 11.8 Å². The van der Waals surface area contributed by atoms with E-state index >= 15 is 0 Å². The number of pyridine rings is 1. The van der Waals surface area contributed by atoms with Crippen molar-refractivity contribution >= 4 is 35.2 Å². The van der Waals surface area contributed by atoms with Crippen LogP contribution in [0.2, 0.25) is 0 Å². The van der Waals surface area contributed by atoms with Crippen molar-refractivity contribution in [3.8, 4) is 0 Å². The number of thioether (sulfide) groups is 1. The number of hydrogen-bond donors (Lipinski definition) is 2. The van der Waals surface area contributed by atoms with E-state index in [1.807, 2.05) is 0 Å². The highest BCUT2D eigenvalue weighted by molar-refractivity contribution is 7.98. The summed E-state index contributed by atoms with van der Waals surface area (Å²) >= 11 is 1.31. The third kappa shape index (κ3) is 6.19. The van der Waals surface area contributed by atoms with Crippen molar-refractivity contribution in [1.82, 2.24) is 15.5 Å². The number of aryl methyl sites for hydroxylation is 1.